The van der Waals surface area contributed by atoms with Crippen molar-refractivity contribution in [3.8, 4) is 0 Å². The molecular weight excluding hydrogens is 414 g/mol. The van der Waals surface area contributed by atoms with Crippen LogP contribution in [0.4, 0.5) is 0 Å². The average Bonchev–Trinajstić information content (AvgIpc) is 3.61. The van der Waals surface area contributed by atoms with Crippen molar-refractivity contribution in [2.75, 3.05) is 6.61 Å². The van der Waals surface area contributed by atoms with E-state index in [2.05, 4.69) is 0 Å². The number of benzene rings is 3. The predicted octanol–water partition coefficient (Wildman–Crippen LogP) is 4.23. The molecule has 33 heavy (non-hydrogen) atoms. The second-order valence-corrected chi connectivity index (χ2v) is 8.78. The van der Waals surface area contributed by atoms with Crippen molar-refractivity contribution in [3.63, 3.8) is 0 Å². The van der Waals surface area contributed by atoms with Crippen molar-refractivity contribution < 1.29 is 19.3 Å². The molecule has 0 bridgehead atoms. The molecule has 174 valence electrons. The third-order valence-electron chi connectivity index (χ3n) is 6.03. The highest BCUT2D eigenvalue weighted by Gasteiger charge is 2.52. The van der Waals surface area contributed by atoms with Crippen LogP contribution in [0.2, 0.25) is 0 Å². The summed E-state index contributed by atoms with van der Waals surface area (Å²) < 4.78 is 18.4. The van der Waals surface area contributed by atoms with E-state index in [9.17, 15) is 5.11 Å². The maximum absolute atomic E-state index is 11.1. The minimum absolute atomic E-state index is 0.135. The maximum atomic E-state index is 11.1. The lowest BCUT2D eigenvalue weighted by atomic mass is 9.99. The fourth-order valence-corrected chi connectivity index (χ4v) is 3.91. The van der Waals surface area contributed by atoms with Gasteiger partial charge in [-0.3, -0.25) is 0 Å². The highest BCUT2D eigenvalue weighted by molar-refractivity contribution is 5.16. The molecule has 0 heterocycles. The summed E-state index contributed by atoms with van der Waals surface area (Å²) in [6.07, 6.45) is -0.252. The molecule has 0 amide bonds. The molecule has 0 unspecified atom stereocenters. The van der Waals surface area contributed by atoms with Gasteiger partial charge in [-0.25, -0.2) is 0 Å². The number of aliphatic hydroxyl groups excluding tert-OH is 1. The van der Waals surface area contributed by atoms with Crippen molar-refractivity contribution in [2.24, 2.45) is 5.73 Å². The summed E-state index contributed by atoms with van der Waals surface area (Å²) in [5, 5.41) is 11.1. The zero-order valence-electron chi connectivity index (χ0n) is 18.9. The largest absolute Gasteiger partial charge is 0.388 e. The second kappa shape index (κ2) is 11.5. The Balaban J connectivity index is 1.45. The van der Waals surface area contributed by atoms with Gasteiger partial charge in [0.25, 0.3) is 0 Å². The van der Waals surface area contributed by atoms with Gasteiger partial charge < -0.3 is 25.1 Å². The molecular formula is C28H33NO4. The summed E-state index contributed by atoms with van der Waals surface area (Å²) in [6, 6.07) is 29.8. The SMILES string of the molecule is NC1([C@@H](OCc2ccccc2)[C@H](OCc2ccccc2)[C@H](O)COCc2ccccc2)CC1. The topological polar surface area (TPSA) is 73.9 Å². The standard InChI is InChI=1S/C28H33NO4/c29-28(16-17-28)27(33-20-24-14-8-3-9-15-24)26(32-19-23-12-6-2-7-13-23)25(30)21-31-18-22-10-4-1-5-11-22/h1-15,25-27,30H,16-21,29H2/t25-,26-,27+/m1/s1. The summed E-state index contributed by atoms with van der Waals surface area (Å²) >= 11 is 0. The first-order chi connectivity index (χ1) is 16.1. The van der Waals surface area contributed by atoms with Crippen molar-refractivity contribution in [2.45, 2.75) is 56.5 Å². The Labute approximate surface area is 196 Å². The number of aliphatic hydroxyl groups is 1. The van der Waals surface area contributed by atoms with E-state index in [-0.39, 0.29) is 6.61 Å². The van der Waals surface area contributed by atoms with Crippen LogP contribution in [0.25, 0.3) is 0 Å². The first-order valence-electron chi connectivity index (χ1n) is 11.5. The van der Waals surface area contributed by atoms with Crippen LogP contribution in [0.1, 0.15) is 29.5 Å². The number of hydrogen-bond acceptors (Lipinski definition) is 5. The molecule has 1 aliphatic rings. The van der Waals surface area contributed by atoms with Gasteiger partial charge >= 0.3 is 0 Å². The fourth-order valence-electron chi connectivity index (χ4n) is 3.91. The number of rotatable bonds is 13. The molecule has 5 nitrogen and oxygen atoms in total. The summed E-state index contributed by atoms with van der Waals surface area (Å²) in [4.78, 5) is 0. The molecule has 5 heteroatoms. The lowest BCUT2D eigenvalue weighted by Gasteiger charge is -2.35. The molecule has 3 N–H and O–H groups in total. The second-order valence-electron chi connectivity index (χ2n) is 8.78. The molecule has 3 atom stereocenters. The van der Waals surface area contributed by atoms with Gasteiger partial charge in [0.2, 0.25) is 0 Å². The van der Waals surface area contributed by atoms with E-state index in [1.807, 2.05) is 91.0 Å². The third kappa shape index (κ3) is 6.97. The van der Waals surface area contributed by atoms with Gasteiger partial charge in [-0.05, 0) is 29.5 Å². The molecule has 1 saturated carbocycles. The van der Waals surface area contributed by atoms with Gasteiger partial charge in [-0.2, -0.15) is 0 Å². The molecule has 1 aliphatic carbocycles. The maximum Gasteiger partial charge on any atom is 0.114 e. The first-order valence-corrected chi connectivity index (χ1v) is 11.5. The molecule has 0 aliphatic heterocycles. The summed E-state index contributed by atoms with van der Waals surface area (Å²) in [5.74, 6) is 0. The van der Waals surface area contributed by atoms with E-state index in [4.69, 9.17) is 19.9 Å². The Morgan fingerprint density at radius 3 is 1.64 bits per heavy atom. The molecule has 0 radical (unpaired) electrons. The molecule has 0 spiro atoms. The summed E-state index contributed by atoms with van der Waals surface area (Å²) in [6.45, 7) is 1.33. The number of hydrogen-bond donors (Lipinski definition) is 2. The van der Waals surface area contributed by atoms with Gasteiger partial charge in [0.1, 0.15) is 18.3 Å². The minimum atomic E-state index is -0.876. The Kier molecular flexibility index (Phi) is 8.26. The Morgan fingerprint density at radius 2 is 1.15 bits per heavy atom. The van der Waals surface area contributed by atoms with Crippen molar-refractivity contribution in [3.05, 3.63) is 108 Å². The van der Waals surface area contributed by atoms with Crippen molar-refractivity contribution >= 4 is 0 Å². The molecule has 1 fully saturated rings. The lowest BCUT2D eigenvalue weighted by Crippen LogP contribution is -2.53. The van der Waals surface area contributed by atoms with Crippen LogP contribution in [-0.2, 0) is 34.0 Å². The molecule has 3 aromatic rings. The average molecular weight is 448 g/mol. The van der Waals surface area contributed by atoms with Gasteiger partial charge in [0.15, 0.2) is 0 Å². The normalized spacial score (nSPS) is 17.3. The van der Waals surface area contributed by atoms with Gasteiger partial charge in [-0.15, -0.1) is 0 Å². The highest BCUT2D eigenvalue weighted by Crippen LogP contribution is 2.40. The predicted molar refractivity (Wildman–Crippen MR) is 128 cm³/mol. The van der Waals surface area contributed by atoms with Gasteiger partial charge in [-0.1, -0.05) is 91.0 Å². The smallest absolute Gasteiger partial charge is 0.114 e. The van der Waals surface area contributed by atoms with Crippen LogP contribution < -0.4 is 5.73 Å². The quantitative estimate of drug-likeness (QED) is 0.410. The van der Waals surface area contributed by atoms with Crippen molar-refractivity contribution in [1.29, 1.82) is 0 Å². The van der Waals surface area contributed by atoms with Crippen LogP contribution in [0, 0.1) is 0 Å². The van der Waals surface area contributed by atoms with Crippen LogP contribution in [0.15, 0.2) is 91.0 Å². The van der Waals surface area contributed by atoms with Crippen molar-refractivity contribution in [1.82, 2.24) is 0 Å². The van der Waals surface area contributed by atoms with E-state index in [0.717, 1.165) is 29.5 Å². The fraction of sp³-hybridized carbons (Fsp3) is 0.357. The van der Waals surface area contributed by atoms with Crippen LogP contribution in [0.3, 0.4) is 0 Å². The van der Waals surface area contributed by atoms with Gasteiger partial charge in [0.05, 0.1) is 26.4 Å². The first kappa shape index (κ1) is 23.6. The Hall–Kier alpha value is -2.54. The summed E-state index contributed by atoms with van der Waals surface area (Å²) in [5.41, 5.74) is 9.27. The highest BCUT2D eigenvalue weighted by atomic mass is 16.6. The Bertz CT molecular complexity index is 947. The number of nitrogens with two attached hydrogens (primary N) is 1. The molecule has 0 aromatic heterocycles. The zero-order chi connectivity index (χ0) is 22.9. The molecule has 3 aromatic carbocycles. The Morgan fingerprint density at radius 1 is 0.697 bits per heavy atom. The van der Waals surface area contributed by atoms with E-state index in [1.165, 1.54) is 0 Å². The zero-order valence-corrected chi connectivity index (χ0v) is 18.9. The van der Waals surface area contributed by atoms with Crippen LogP contribution >= 0.6 is 0 Å². The lowest BCUT2D eigenvalue weighted by molar-refractivity contribution is -0.156. The van der Waals surface area contributed by atoms with E-state index < -0.39 is 23.9 Å². The monoisotopic (exact) mass is 447 g/mol. The van der Waals surface area contributed by atoms with E-state index in [0.29, 0.717) is 19.8 Å². The minimum Gasteiger partial charge on any atom is -0.388 e. The van der Waals surface area contributed by atoms with Crippen LogP contribution in [0.5, 0.6) is 0 Å². The van der Waals surface area contributed by atoms with E-state index in [1.54, 1.807) is 0 Å². The third-order valence-corrected chi connectivity index (χ3v) is 6.03. The summed E-state index contributed by atoms with van der Waals surface area (Å²) in [7, 11) is 0. The number of ether oxygens (including phenoxy) is 3. The van der Waals surface area contributed by atoms with E-state index >= 15 is 0 Å². The molecule has 4 rings (SSSR count). The van der Waals surface area contributed by atoms with Gasteiger partial charge in [0, 0.05) is 5.54 Å². The van der Waals surface area contributed by atoms with Crippen LogP contribution in [-0.4, -0.2) is 35.6 Å². The molecule has 0 saturated heterocycles.